The van der Waals surface area contributed by atoms with Gasteiger partial charge >= 0.3 is 0 Å². The van der Waals surface area contributed by atoms with E-state index in [1.54, 1.807) is 0 Å². The summed E-state index contributed by atoms with van der Waals surface area (Å²) < 4.78 is 25.6. The van der Waals surface area contributed by atoms with Crippen LogP contribution in [0.4, 0.5) is 8.78 Å². The van der Waals surface area contributed by atoms with Gasteiger partial charge in [0.2, 0.25) is 5.91 Å². The number of carboxylic acid groups (broad SMARTS) is 1. The highest BCUT2D eigenvalue weighted by Crippen LogP contribution is 2.11. The fourth-order valence-corrected chi connectivity index (χ4v) is 1.16. The Hall–Kier alpha value is -2.24. The number of hydrogen-bond donors (Lipinski definition) is 1. The number of carboxylic acids is 1. The smallest absolute Gasteiger partial charge is 0.221 e. The van der Waals surface area contributed by atoms with Crippen molar-refractivity contribution in [3.8, 4) is 0 Å². The highest BCUT2D eigenvalue weighted by molar-refractivity contribution is 5.95. The van der Waals surface area contributed by atoms with Crippen molar-refractivity contribution in [1.29, 1.82) is 0 Å². The molecule has 0 bridgehead atoms. The maximum absolute atomic E-state index is 12.8. The molecule has 0 saturated carbocycles. The topological polar surface area (TPSA) is 69.2 Å². The van der Waals surface area contributed by atoms with E-state index in [0.717, 1.165) is 25.1 Å². The second-order valence-corrected chi connectivity index (χ2v) is 3.23. The third kappa shape index (κ3) is 4.02. The number of nitrogens with one attached hydrogen (secondary N) is 1. The minimum absolute atomic E-state index is 0.0320. The van der Waals surface area contributed by atoms with Gasteiger partial charge in [-0.1, -0.05) is 0 Å². The standard InChI is InChI=1S/C11H9F2NO3/c1-6(15)14-10(11(16)17)4-7-2-8(12)5-9(13)3-7/h2-5H,1H3,(H,14,15)(H,16,17)/p-1/b10-4-. The molecule has 1 amide bonds. The van der Waals surface area contributed by atoms with E-state index in [0.29, 0.717) is 6.07 Å². The van der Waals surface area contributed by atoms with Crippen LogP contribution in [0.25, 0.3) is 6.08 Å². The molecular weight excluding hydrogens is 232 g/mol. The predicted molar refractivity (Wildman–Crippen MR) is 53.2 cm³/mol. The van der Waals surface area contributed by atoms with Gasteiger partial charge in [-0.2, -0.15) is 0 Å². The lowest BCUT2D eigenvalue weighted by atomic mass is 10.2. The van der Waals surface area contributed by atoms with Crippen LogP contribution < -0.4 is 10.4 Å². The maximum atomic E-state index is 12.8. The zero-order valence-electron chi connectivity index (χ0n) is 8.79. The van der Waals surface area contributed by atoms with Crippen molar-refractivity contribution in [2.24, 2.45) is 0 Å². The third-order valence-corrected chi connectivity index (χ3v) is 1.73. The molecule has 90 valence electrons. The Morgan fingerprint density at radius 3 is 2.18 bits per heavy atom. The molecule has 1 N–H and O–H groups in total. The molecule has 4 nitrogen and oxygen atoms in total. The second kappa shape index (κ2) is 5.20. The van der Waals surface area contributed by atoms with E-state index in [2.05, 4.69) is 0 Å². The van der Waals surface area contributed by atoms with Crippen LogP contribution in [-0.4, -0.2) is 11.9 Å². The van der Waals surface area contributed by atoms with Gasteiger partial charge in [0, 0.05) is 13.0 Å². The summed E-state index contributed by atoms with van der Waals surface area (Å²) in [5.41, 5.74) is -0.599. The fourth-order valence-electron chi connectivity index (χ4n) is 1.16. The van der Waals surface area contributed by atoms with Gasteiger partial charge < -0.3 is 15.2 Å². The van der Waals surface area contributed by atoms with Crippen molar-refractivity contribution < 1.29 is 23.5 Å². The average Bonchev–Trinajstić information content (AvgIpc) is 2.13. The first-order valence-corrected chi connectivity index (χ1v) is 4.55. The molecule has 0 fully saturated rings. The Morgan fingerprint density at radius 2 is 1.76 bits per heavy atom. The SMILES string of the molecule is CC(=O)N/C(=C\c1cc(F)cc(F)c1)C(=O)[O-]. The highest BCUT2D eigenvalue weighted by atomic mass is 19.1. The van der Waals surface area contributed by atoms with Crippen LogP contribution in [0.3, 0.4) is 0 Å². The van der Waals surface area contributed by atoms with Gasteiger partial charge in [0.15, 0.2) is 0 Å². The summed E-state index contributed by atoms with van der Waals surface area (Å²) in [6.45, 7) is 1.10. The van der Waals surface area contributed by atoms with Gasteiger partial charge in [0.25, 0.3) is 0 Å². The van der Waals surface area contributed by atoms with Gasteiger partial charge in [-0.3, -0.25) is 4.79 Å². The molecule has 0 aliphatic rings. The quantitative estimate of drug-likeness (QED) is 0.767. The summed E-state index contributed by atoms with van der Waals surface area (Å²) in [4.78, 5) is 21.3. The van der Waals surface area contributed by atoms with Gasteiger partial charge in [0.1, 0.15) is 11.6 Å². The average molecular weight is 240 g/mol. The molecule has 0 aromatic heterocycles. The fraction of sp³-hybridized carbons (Fsp3) is 0.0909. The number of hydrogen-bond acceptors (Lipinski definition) is 3. The number of halogens is 2. The first kappa shape index (κ1) is 12.8. The summed E-state index contributed by atoms with van der Waals surface area (Å²) in [5.74, 6) is -3.98. The van der Waals surface area contributed by atoms with E-state index >= 15 is 0 Å². The van der Waals surface area contributed by atoms with Crippen LogP contribution in [0.5, 0.6) is 0 Å². The lowest BCUT2D eigenvalue weighted by Crippen LogP contribution is -2.34. The molecule has 0 radical (unpaired) electrons. The van der Waals surface area contributed by atoms with Crippen LogP contribution in [-0.2, 0) is 9.59 Å². The number of aliphatic carboxylic acids is 1. The minimum Gasteiger partial charge on any atom is -0.543 e. The summed E-state index contributed by atoms with van der Waals surface area (Å²) in [5, 5.41) is 12.6. The molecule has 1 rings (SSSR count). The first-order valence-electron chi connectivity index (χ1n) is 4.55. The van der Waals surface area contributed by atoms with E-state index in [9.17, 15) is 23.5 Å². The van der Waals surface area contributed by atoms with Gasteiger partial charge in [-0.15, -0.1) is 0 Å². The van der Waals surface area contributed by atoms with Crippen LogP contribution in [0, 0.1) is 11.6 Å². The molecule has 1 aromatic carbocycles. The summed E-state index contributed by atoms with van der Waals surface area (Å²) in [7, 11) is 0. The molecule has 17 heavy (non-hydrogen) atoms. The summed E-state index contributed by atoms with van der Waals surface area (Å²) >= 11 is 0. The Morgan fingerprint density at radius 1 is 1.24 bits per heavy atom. The van der Waals surface area contributed by atoms with E-state index in [4.69, 9.17) is 0 Å². The Kier molecular flexibility index (Phi) is 3.92. The minimum atomic E-state index is -1.65. The van der Waals surface area contributed by atoms with Crippen molar-refractivity contribution in [2.45, 2.75) is 6.92 Å². The molecule has 0 aliphatic carbocycles. The van der Waals surface area contributed by atoms with E-state index in [1.807, 2.05) is 5.32 Å². The highest BCUT2D eigenvalue weighted by Gasteiger charge is 2.03. The largest absolute Gasteiger partial charge is 0.543 e. The summed E-state index contributed by atoms with van der Waals surface area (Å²) in [6, 6.07) is 2.50. The number of carbonyl (C=O) groups is 2. The number of carbonyl (C=O) groups excluding carboxylic acids is 2. The lowest BCUT2D eigenvalue weighted by molar-refractivity contribution is -0.299. The lowest BCUT2D eigenvalue weighted by Gasteiger charge is -2.09. The van der Waals surface area contributed by atoms with Crippen LogP contribution in [0.1, 0.15) is 12.5 Å². The number of rotatable bonds is 3. The molecular formula is C11H8F2NO3-. The monoisotopic (exact) mass is 240 g/mol. The zero-order valence-corrected chi connectivity index (χ0v) is 8.79. The Balaban J connectivity index is 3.12. The van der Waals surface area contributed by atoms with E-state index in [-0.39, 0.29) is 5.56 Å². The molecule has 0 atom stereocenters. The maximum Gasteiger partial charge on any atom is 0.221 e. The molecule has 0 spiro atoms. The van der Waals surface area contributed by atoms with Crippen molar-refractivity contribution in [3.63, 3.8) is 0 Å². The Bertz CT molecular complexity index is 477. The first-order chi connectivity index (χ1) is 7.88. The molecule has 0 saturated heterocycles. The normalized spacial score (nSPS) is 11.1. The van der Waals surface area contributed by atoms with Gasteiger partial charge in [-0.25, -0.2) is 8.78 Å². The second-order valence-electron chi connectivity index (χ2n) is 3.23. The molecule has 6 heteroatoms. The van der Waals surface area contributed by atoms with Crippen molar-refractivity contribution in [3.05, 3.63) is 41.1 Å². The molecule has 0 unspecified atom stereocenters. The van der Waals surface area contributed by atoms with Crippen molar-refractivity contribution in [2.75, 3.05) is 0 Å². The molecule has 0 heterocycles. The zero-order chi connectivity index (χ0) is 13.0. The van der Waals surface area contributed by atoms with Gasteiger partial charge in [0.05, 0.1) is 11.7 Å². The van der Waals surface area contributed by atoms with Crippen LogP contribution in [0.15, 0.2) is 23.9 Å². The van der Waals surface area contributed by atoms with Gasteiger partial charge in [-0.05, 0) is 23.8 Å². The third-order valence-electron chi connectivity index (χ3n) is 1.73. The number of amides is 1. The van der Waals surface area contributed by atoms with E-state index < -0.39 is 29.2 Å². The molecule has 1 aromatic rings. The number of benzene rings is 1. The van der Waals surface area contributed by atoms with E-state index in [1.165, 1.54) is 0 Å². The van der Waals surface area contributed by atoms with Crippen LogP contribution >= 0.6 is 0 Å². The van der Waals surface area contributed by atoms with Crippen molar-refractivity contribution >= 4 is 18.0 Å². The summed E-state index contributed by atoms with van der Waals surface area (Å²) in [6.07, 6.45) is 0.906. The van der Waals surface area contributed by atoms with Crippen LogP contribution in [0.2, 0.25) is 0 Å². The molecule has 0 aliphatic heterocycles. The predicted octanol–water partition coefficient (Wildman–Crippen LogP) is 0.192. The Labute approximate surface area is 95.6 Å². The van der Waals surface area contributed by atoms with Crippen molar-refractivity contribution in [1.82, 2.24) is 5.32 Å².